The molecule has 1 aliphatic heterocycles. The summed E-state index contributed by atoms with van der Waals surface area (Å²) in [6.07, 6.45) is 3.53. The number of anilines is 1. The number of amides is 1. The SMILES string of the molecule is C=CPOc1c2c(c(N(C)S(C)(=O)=O)c3cccnc13)CN(Cc1ccc(F)cc1S(C)(=O)=O)C2=O. The molecule has 0 spiro atoms. The lowest BCUT2D eigenvalue weighted by molar-refractivity contribution is 0.0764. The first-order chi connectivity index (χ1) is 16.8. The van der Waals surface area contributed by atoms with E-state index >= 15 is 0 Å². The van der Waals surface area contributed by atoms with Gasteiger partial charge in [-0.1, -0.05) is 12.6 Å². The lowest BCUT2D eigenvalue weighted by Gasteiger charge is -2.23. The van der Waals surface area contributed by atoms with Gasteiger partial charge in [0.05, 0.1) is 31.2 Å². The lowest BCUT2D eigenvalue weighted by Crippen LogP contribution is -2.27. The fourth-order valence-corrected chi connectivity index (χ4v) is 6.05. The number of hydrogen-bond acceptors (Lipinski definition) is 7. The molecule has 3 aromatic rings. The molecule has 1 aliphatic rings. The van der Waals surface area contributed by atoms with Crippen molar-refractivity contribution in [3.63, 3.8) is 0 Å². The summed E-state index contributed by atoms with van der Waals surface area (Å²) < 4.78 is 70.4. The van der Waals surface area contributed by atoms with Crippen molar-refractivity contribution in [2.24, 2.45) is 0 Å². The maximum atomic E-state index is 13.8. The largest absolute Gasteiger partial charge is 0.470 e. The van der Waals surface area contributed by atoms with Gasteiger partial charge < -0.3 is 9.42 Å². The standard InChI is InChI=1S/C23H23FN3O6PS2/c1-5-34-33-22-19-17(21(26(2)36(4,31)32)16-7-6-10-25-20(16)22)13-27(23(19)28)12-14-8-9-15(24)11-18(14)35(3,29)30/h5-11,34H,1,12-13H2,2-4H3. The molecule has 0 saturated heterocycles. The van der Waals surface area contributed by atoms with Gasteiger partial charge in [-0.3, -0.25) is 14.1 Å². The number of carbonyl (C=O) groups is 1. The molecule has 1 aromatic heterocycles. The fraction of sp³-hybridized carbons (Fsp3) is 0.217. The third-order valence-corrected chi connectivity index (χ3v) is 8.63. The lowest BCUT2D eigenvalue weighted by atomic mass is 10.0. The van der Waals surface area contributed by atoms with Gasteiger partial charge in [0.25, 0.3) is 5.91 Å². The van der Waals surface area contributed by atoms with Crippen molar-refractivity contribution in [2.75, 3.05) is 23.9 Å². The molecule has 9 nitrogen and oxygen atoms in total. The first-order valence-corrected chi connectivity index (χ1v) is 15.3. The number of nitrogens with zero attached hydrogens (tertiary/aromatic N) is 3. The van der Waals surface area contributed by atoms with Crippen molar-refractivity contribution < 1.29 is 30.5 Å². The normalized spacial score (nSPS) is 14.0. The number of fused-ring (bicyclic) bond motifs is 2. The minimum absolute atomic E-state index is 0.0255. The molecule has 36 heavy (non-hydrogen) atoms. The molecule has 4 rings (SSSR count). The van der Waals surface area contributed by atoms with Crippen molar-refractivity contribution in [3.8, 4) is 5.75 Å². The van der Waals surface area contributed by atoms with E-state index in [0.717, 1.165) is 28.9 Å². The summed E-state index contributed by atoms with van der Waals surface area (Å²) in [5, 5.41) is 0.473. The van der Waals surface area contributed by atoms with E-state index < -0.39 is 31.6 Å². The van der Waals surface area contributed by atoms with Gasteiger partial charge in [-0.05, 0) is 35.6 Å². The second-order valence-corrected chi connectivity index (χ2v) is 13.1. The molecule has 2 aromatic carbocycles. The second kappa shape index (κ2) is 9.42. The van der Waals surface area contributed by atoms with Crippen LogP contribution in [0.3, 0.4) is 0 Å². The Bertz CT molecular complexity index is 1630. The van der Waals surface area contributed by atoms with E-state index in [1.807, 2.05) is 0 Å². The maximum absolute atomic E-state index is 13.8. The van der Waals surface area contributed by atoms with Gasteiger partial charge in [0, 0.05) is 43.5 Å². The highest BCUT2D eigenvalue weighted by Gasteiger charge is 2.38. The number of benzene rings is 2. The Balaban J connectivity index is 1.94. The van der Waals surface area contributed by atoms with Crippen molar-refractivity contribution in [1.82, 2.24) is 9.88 Å². The van der Waals surface area contributed by atoms with Crippen molar-refractivity contribution >= 4 is 51.2 Å². The predicted molar refractivity (Wildman–Crippen MR) is 137 cm³/mol. The molecule has 0 bridgehead atoms. The molecule has 190 valence electrons. The van der Waals surface area contributed by atoms with Crippen LogP contribution in [0, 0.1) is 5.82 Å². The van der Waals surface area contributed by atoms with E-state index in [-0.39, 0.29) is 49.4 Å². The number of sulfone groups is 1. The maximum Gasteiger partial charge on any atom is 0.258 e. The van der Waals surface area contributed by atoms with E-state index in [1.165, 1.54) is 30.0 Å². The van der Waals surface area contributed by atoms with Gasteiger partial charge in [-0.15, -0.1) is 0 Å². The van der Waals surface area contributed by atoms with Crippen LogP contribution in [0.5, 0.6) is 5.75 Å². The van der Waals surface area contributed by atoms with E-state index in [2.05, 4.69) is 11.6 Å². The summed E-state index contributed by atoms with van der Waals surface area (Å²) in [7, 11) is -6.32. The number of halogens is 1. The predicted octanol–water partition coefficient (Wildman–Crippen LogP) is 3.45. The van der Waals surface area contributed by atoms with Gasteiger partial charge in [0.2, 0.25) is 10.0 Å². The zero-order valence-electron chi connectivity index (χ0n) is 19.6. The van der Waals surface area contributed by atoms with Crippen molar-refractivity contribution in [2.45, 2.75) is 18.0 Å². The van der Waals surface area contributed by atoms with Crippen LogP contribution in [0.4, 0.5) is 10.1 Å². The fourth-order valence-electron chi connectivity index (χ4n) is 4.18. The van der Waals surface area contributed by atoms with Crippen LogP contribution in [0.1, 0.15) is 21.5 Å². The number of aromatic nitrogens is 1. The molecule has 1 unspecified atom stereocenters. The summed E-state index contributed by atoms with van der Waals surface area (Å²) in [5.41, 5.74) is 1.37. The van der Waals surface area contributed by atoms with Gasteiger partial charge in [0.15, 0.2) is 15.6 Å². The van der Waals surface area contributed by atoms with Crippen LogP contribution in [0.25, 0.3) is 10.9 Å². The minimum Gasteiger partial charge on any atom is -0.470 e. The number of rotatable bonds is 8. The van der Waals surface area contributed by atoms with Crippen LogP contribution >= 0.6 is 8.81 Å². The van der Waals surface area contributed by atoms with Gasteiger partial charge in [-0.25, -0.2) is 21.2 Å². The molecule has 0 fully saturated rings. The zero-order chi connectivity index (χ0) is 26.4. The highest BCUT2D eigenvalue weighted by Crippen LogP contribution is 2.46. The van der Waals surface area contributed by atoms with E-state index in [1.54, 1.807) is 12.1 Å². The number of pyridine rings is 1. The highest BCUT2D eigenvalue weighted by molar-refractivity contribution is 7.92. The smallest absolute Gasteiger partial charge is 0.258 e. The number of hydrogen-bond donors (Lipinski definition) is 0. The van der Waals surface area contributed by atoms with Crippen LogP contribution in [-0.2, 0) is 33.0 Å². The van der Waals surface area contributed by atoms with Crippen molar-refractivity contribution in [3.05, 3.63) is 71.4 Å². The molecule has 0 N–H and O–H groups in total. The Hall–Kier alpha value is -3.08. The molecule has 13 heteroatoms. The van der Waals surface area contributed by atoms with Crippen molar-refractivity contribution in [1.29, 1.82) is 0 Å². The van der Waals surface area contributed by atoms with Gasteiger partial charge >= 0.3 is 0 Å². The van der Waals surface area contributed by atoms with E-state index in [9.17, 15) is 26.0 Å². The van der Waals surface area contributed by atoms with Crippen LogP contribution in [-0.4, -0.2) is 52.2 Å². The van der Waals surface area contributed by atoms with Gasteiger partial charge in [0.1, 0.15) is 11.3 Å². The third kappa shape index (κ3) is 4.68. The van der Waals surface area contributed by atoms with Gasteiger partial charge in [-0.2, -0.15) is 0 Å². The van der Waals surface area contributed by atoms with E-state index in [0.29, 0.717) is 16.5 Å². The minimum atomic E-state index is -3.79. The summed E-state index contributed by atoms with van der Waals surface area (Å²) >= 11 is 0. The Labute approximate surface area is 210 Å². The Morgan fingerprint density at radius 3 is 2.61 bits per heavy atom. The monoisotopic (exact) mass is 551 g/mol. The molecular formula is C23H23FN3O6PS2. The van der Waals surface area contributed by atoms with Crippen LogP contribution in [0.2, 0.25) is 0 Å². The molecule has 0 saturated carbocycles. The molecule has 0 aliphatic carbocycles. The number of carbonyl (C=O) groups excluding carboxylic acids is 1. The Morgan fingerprint density at radius 2 is 1.97 bits per heavy atom. The average Bonchev–Trinajstić information content (AvgIpc) is 3.11. The highest BCUT2D eigenvalue weighted by atomic mass is 32.2. The first kappa shape index (κ1) is 26.0. The molecule has 0 radical (unpaired) electrons. The molecule has 1 atom stereocenters. The Morgan fingerprint density at radius 1 is 1.25 bits per heavy atom. The van der Waals surface area contributed by atoms with Crippen LogP contribution < -0.4 is 8.83 Å². The quantitative estimate of drug-likeness (QED) is 0.394. The molecule has 1 amide bonds. The third-order valence-electron chi connectivity index (χ3n) is 5.79. The zero-order valence-corrected chi connectivity index (χ0v) is 22.3. The topological polar surface area (TPSA) is 114 Å². The summed E-state index contributed by atoms with van der Waals surface area (Å²) in [5.74, 6) is 0.518. The first-order valence-electron chi connectivity index (χ1n) is 10.5. The summed E-state index contributed by atoms with van der Waals surface area (Å²) in [4.78, 5) is 19.2. The van der Waals surface area contributed by atoms with Crippen LogP contribution in [0.15, 0.2) is 53.8 Å². The number of sulfonamides is 1. The summed E-state index contributed by atoms with van der Waals surface area (Å²) in [6, 6.07) is 6.70. The second-order valence-electron chi connectivity index (χ2n) is 8.27. The average molecular weight is 552 g/mol. The molecule has 2 heterocycles. The Kier molecular flexibility index (Phi) is 6.80. The van der Waals surface area contributed by atoms with E-state index in [4.69, 9.17) is 4.52 Å². The summed E-state index contributed by atoms with van der Waals surface area (Å²) in [6.45, 7) is 3.48. The molecular weight excluding hydrogens is 528 g/mol.